The number of amides is 1. The molecule has 2 aromatic carbocycles. The third-order valence-corrected chi connectivity index (χ3v) is 5.64. The van der Waals surface area contributed by atoms with E-state index in [0.29, 0.717) is 5.56 Å². The molecule has 0 heterocycles. The van der Waals surface area contributed by atoms with Gasteiger partial charge in [0.05, 0.1) is 12.3 Å². The van der Waals surface area contributed by atoms with Crippen LogP contribution in [0.15, 0.2) is 48.5 Å². The fraction of sp³-hybridized carbons (Fsp3) is 0.350. The van der Waals surface area contributed by atoms with Crippen LogP contribution in [0.1, 0.15) is 30.2 Å². The highest BCUT2D eigenvalue weighted by atomic mass is 35.5. The monoisotopic (exact) mass is 476 g/mol. The number of alkyl halides is 3. The number of hydrogen-bond donors (Lipinski definition) is 3. The molecular formula is C20H23Cl2FN2O4S. The van der Waals surface area contributed by atoms with E-state index in [0.717, 1.165) is 22.9 Å². The van der Waals surface area contributed by atoms with Crippen molar-refractivity contribution >= 4 is 39.1 Å². The van der Waals surface area contributed by atoms with Crippen molar-refractivity contribution in [3.05, 3.63) is 59.7 Å². The maximum atomic E-state index is 13.3. The molecule has 0 aliphatic rings. The average molecular weight is 477 g/mol. The van der Waals surface area contributed by atoms with Gasteiger partial charge in [-0.1, -0.05) is 71.7 Å². The first-order valence-corrected chi connectivity index (χ1v) is 11.8. The molecule has 0 spiro atoms. The Morgan fingerprint density at radius 2 is 1.50 bits per heavy atom. The molecule has 1 amide bonds. The van der Waals surface area contributed by atoms with Crippen molar-refractivity contribution in [2.24, 2.45) is 0 Å². The molecule has 164 valence electrons. The molecule has 0 radical (unpaired) electrons. The van der Waals surface area contributed by atoms with E-state index in [9.17, 15) is 22.7 Å². The molecule has 10 heteroatoms. The van der Waals surface area contributed by atoms with Crippen LogP contribution in [0, 0.1) is 0 Å². The molecule has 0 saturated carbocycles. The Balaban J connectivity index is 2.12. The van der Waals surface area contributed by atoms with Crippen LogP contribution in [-0.2, 0) is 14.8 Å². The van der Waals surface area contributed by atoms with Crippen molar-refractivity contribution in [1.29, 1.82) is 0 Å². The van der Waals surface area contributed by atoms with E-state index in [1.54, 1.807) is 31.2 Å². The Morgan fingerprint density at radius 1 is 1.03 bits per heavy atom. The van der Waals surface area contributed by atoms with E-state index >= 15 is 0 Å². The first kappa shape index (κ1) is 24.6. The number of halogens is 3. The molecule has 0 aliphatic carbocycles. The summed E-state index contributed by atoms with van der Waals surface area (Å²) in [5, 5.41) is 12.6. The molecule has 6 nitrogen and oxygen atoms in total. The molecular weight excluding hydrogens is 454 g/mol. The molecule has 2 aromatic rings. The highest BCUT2D eigenvalue weighted by Gasteiger charge is 2.25. The van der Waals surface area contributed by atoms with Crippen molar-refractivity contribution in [1.82, 2.24) is 10.0 Å². The normalized spacial score (nSPS) is 14.9. The highest BCUT2D eigenvalue weighted by Crippen LogP contribution is 2.25. The van der Waals surface area contributed by atoms with Crippen molar-refractivity contribution < 1.29 is 22.7 Å². The summed E-state index contributed by atoms with van der Waals surface area (Å²) in [4.78, 5) is 10.2. The maximum Gasteiger partial charge on any atom is 0.253 e. The largest absolute Gasteiger partial charge is 0.386 e. The summed E-state index contributed by atoms with van der Waals surface area (Å²) >= 11 is 10.9. The second-order valence-electron chi connectivity index (χ2n) is 6.87. The minimum atomic E-state index is -3.31. The second kappa shape index (κ2) is 10.5. The Bertz CT molecular complexity index is 954. The van der Waals surface area contributed by atoms with Gasteiger partial charge in [0.15, 0.2) is 4.84 Å². The first-order chi connectivity index (χ1) is 14.0. The van der Waals surface area contributed by atoms with Crippen LogP contribution in [0.25, 0.3) is 11.1 Å². The number of hydrogen-bond acceptors (Lipinski definition) is 4. The SMILES string of the molecule is C[C@@H](NS(C)(=O)=O)c1ccc(-c2ccc([C@@H](O)[C@@H](CF)NC(=O)C(Cl)Cl)cc2)cc1. The van der Waals surface area contributed by atoms with Crippen LogP contribution in [0.3, 0.4) is 0 Å². The Hall–Kier alpha value is -1.71. The average Bonchev–Trinajstić information content (AvgIpc) is 2.70. The summed E-state index contributed by atoms with van der Waals surface area (Å²) in [7, 11) is -3.31. The summed E-state index contributed by atoms with van der Waals surface area (Å²) in [6.45, 7) is 0.763. The molecule has 30 heavy (non-hydrogen) atoms. The van der Waals surface area contributed by atoms with Gasteiger partial charge in [-0.2, -0.15) is 0 Å². The van der Waals surface area contributed by atoms with Gasteiger partial charge in [0.2, 0.25) is 10.0 Å². The van der Waals surface area contributed by atoms with Gasteiger partial charge in [-0.15, -0.1) is 0 Å². The van der Waals surface area contributed by atoms with Gasteiger partial charge >= 0.3 is 0 Å². The van der Waals surface area contributed by atoms with Crippen molar-refractivity contribution in [2.45, 2.75) is 29.9 Å². The molecule has 0 saturated heterocycles. The summed E-state index contributed by atoms with van der Waals surface area (Å²) in [6, 6.07) is 12.6. The van der Waals surface area contributed by atoms with Crippen LogP contribution in [0.4, 0.5) is 4.39 Å². The van der Waals surface area contributed by atoms with E-state index in [-0.39, 0.29) is 6.04 Å². The molecule has 3 atom stereocenters. The Labute approximate surface area is 185 Å². The Kier molecular flexibility index (Phi) is 8.63. The predicted octanol–water partition coefficient (Wildman–Crippen LogP) is 3.26. The van der Waals surface area contributed by atoms with Gasteiger partial charge < -0.3 is 10.4 Å². The number of benzene rings is 2. The molecule has 0 bridgehead atoms. The van der Waals surface area contributed by atoms with Gasteiger partial charge in [-0.3, -0.25) is 4.79 Å². The quantitative estimate of drug-likeness (QED) is 0.484. The maximum absolute atomic E-state index is 13.3. The zero-order valence-corrected chi connectivity index (χ0v) is 18.7. The van der Waals surface area contributed by atoms with Crippen molar-refractivity contribution in [2.75, 3.05) is 12.9 Å². The number of aliphatic hydroxyl groups is 1. The summed E-state index contributed by atoms with van der Waals surface area (Å²) < 4.78 is 38.5. The molecule has 0 fully saturated rings. The number of sulfonamides is 1. The summed E-state index contributed by atoms with van der Waals surface area (Å²) in [5.41, 5.74) is 2.97. The molecule has 2 rings (SSSR count). The lowest BCUT2D eigenvalue weighted by molar-refractivity contribution is -0.121. The van der Waals surface area contributed by atoms with Crippen LogP contribution in [-0.4, -0.2) is 43.2 Å². The van der Waals surface area contributed by atoms with Crippen molar-refractivity contribution in [3.63, 3.8) is 0 Å². The predicted molar refractivity (Wildman–Crippen MR) is 117 cm³/mol. The zero-order valence-electron chi connectivity index (χ0n) is 16.3. The lowest BCUT2D eigenvalue weighted by atomic mass is 9.97. The number of rotatable bonds is 9. The number of carbonyl (C=O) groups excluding carboxylic acids is 1. The van der Waals surface area contributed by atoms with Gasteiger partial charge in [0.25, 0.3) is 5.91 Å². The van der Waals surface area contributed by atoms with Crippen LogP contribution in [0.5, 0.6) is 0 Å². The minimum Gasteiger partial charge on any atom is -0.386 e. The van der Waals surface area contributed by atoms with E-state index in [1.165, 1.54) is 0 Å². The summed E-state index contributed by atoms with van der Waals surface area (Å²) in [6.07, 6.45) is -0.165. The zero-order chi connectivity index (χ0) is 22.5. The lowest BCUT2D eigenvalue weighted by Crippen LogP contribution is -2.43. The molecule has 0 aliphatic heterocycles. The smallest absolute Gasteiger partial charge is 0.253 e. The second-order valence-corrected chi connectivity index (χ2v) is 9.75. The van der Waals surface area contributed by atoms with Crippen LogP contribution < -0.4 is 10.0 Å². The van der Waals surface area contributed by atoms with E-state index in [1.807, 2.05) is 24.3 Å². The standard InChI is InChI=1S/C20H23Cl2FN2O4S/c1-12(25-30(2,28)29)13-3-5-14(6-4-13)15-7-9-16(10-8-15)18(26)17(11-23)24-20(27)19(21)22/h3-10,12,17-19,25-26H,11H2,1-2H3,(H,24,27)/t12-,17-,18-/m1/s1. The molecule has 0 unspecified atom stereocenters. The first-order valence-electron chi connectivity index (χ1n) is 9.02. The number of carbonyl (C=O) groups is 1. The number of aliphatic hydroxyl groups excluding tert-OH is 1. The van der Waals surface area contributed by atoms with E-state index in [4.69, 9.17) is 23.2 Å². The minimum absolute atomic E-state index is 0.361. The molecule has 0 aromatic heterocycles. The van der Waals surface area contributed by atoms with Gasteiger partial charge in [0, 0.05) is 6.04 Å². The van der Waals surface area contributed by atoms with Crippen LogP contribution in [0.2, 0.25) is 0 Å². The van der Waals surface area contributed by atoms with E-state index in [2.05, 4.69) is 10.0 Å². The number of nitrogens with one attached hydrogen (secondary N) is 2. The third-order valence-electron chi connectivity index (χ3n) is 4.46. The van der Waals surface area contributed by atoms with Gasteiger partial charge in [-0.05, 0) is 29.2 Å². The van der Waals surface area contributed by atoms with Crippen LogP contribution >= 0.6 is 23.2 Å². The Morgan fingerprint density at radius 3 is 1.90 bits per heavy atom. The van der Waals surface area contributed by atoms with Crippen molar-refractivity contribution in [3.8, 4) is 11.1 Å². The topological polar surface area (TPSA) is 95.5 Å². The van der Waals surface area contributed by atoms with Gasteiger partial charge in [0.1, 0.15) is 12.8 Å². The molecule has 3 N–H and O–H groups in total. The fourth-order valence-electron chi connectivity index (χ4n) is 2.91. The highest BCUT2D eigenvalue weighted by molar-refractivity contribution is 7.88. The van der Waals surface area contributed by atoms with Gasteiger partial charge in [-0.25, -0.2) is 17.5 Å². The van der Waals surface area contributed by atoms with E-state index < -0.39 is 39.6 Å². The summed E-state index contributed by atoms with van der Waals surface area (Å²) in [5.74, 6) is -0.781. The third kappa shape index (κ3) is 6.92. The fourth-order valence-corrected chi connectivity index (χ4v) is 3.81. The lowest BCUT2D eigenvalue weighted by Gasteiger charge is -2.22.